The fraction of sp³-hybridized carbons (Fsp3) is 0.400. The first-order valence-corrected chi connectivity index (χ1v) is 6.22. The van der Waals surface area contributed by atoms with E-state index in [-0.39, 0.29) is 24.0 Å². The lowest BCUT2D eigenvalue weighted by molar-refractivity contribution is -0.00000311. The molecule has 0 unspecified atom stereocenters. The first-order valence-electron chi connectivity index (χ1n) is 4.01. The predicted octanol–water partition coefficient (Wildman–Crippen LogP) is -1.05. The summed E-state index contributed by atoms with van der Waals surface area (Å²) in [6, 6.07) is 9.96. The SMILES string of the molecule is C[S+](C)CCOc1ccccc1.[I-]. The van der Waals surface area contributed by atoms with Crippen LogP contribution < -0.4 is 28.7 Å². The summed E-state index contributed by atoms with van der Waals surface area (Å²) in [5.74, 6) is 2.12. The van der Waals surface area contributed by atoms with E-state index in [1.807, 2.05) is 30.3 Å². The second-order valence-corrected chi connectivity index (χ2v) is 5.23. The van der Waals surface area contributed by atoms with E-state index in [0.29, 0.717) is 10.9 Å². The van der Waals surface area contributed by atoms with E-state index in [0.717, 1.165) is 18.1 Å². The van der Waals surface area contributed by atoms with Gasteiger partial charge in [0.25, 0.3) is 0 Å². The molecule has 0 aliphatic rings. The van der Waals surface area contributed by atoms with Crippen LogP contribution in [0.5, 0.6) is 5.75 Å². The summed E-state index contributed by atoms with van der Waals surface area (Å²) in [7, 11) is 0.486. The molecule has 0 radical (unpaired) electrons. The van der Waals surface area contributed by atoms with E-state index in [1.165, 1.54) is 0 Å². The Morgan fingerprint density at radius 3 is 2.31 bits per heavy atom. The van der Waals surface area contributed by atoms with Crippen LogP contribution in [0.1, 0.15) is 0 Å². The molecule has 0 spiro atoms. The smallest absolute Gasteiger partial charge is 0.141 e. The van der Waals surface area contributed by atoms with Gasteiger partial charge in [-0.3, -0.25) is 0 Å². The van der Waals surface area contributed by atoms with Gasteiger partial charge in [0.2, 0.25) is 0 Å². The molecule has 0 aromatic heterocycles. The molecule has 74 valence electrons. The summed E-state index contributed by atoms with van der Waals surface area (Å²) < 4.78 is 5.52. The van der Waals surface area contributed by atoms with Gasteiger partial charge in [0.15, 0.2) is 0 Å². The Bertz CT molecular complexity index is 213. The van der Waals surface area contributed by atoms with E-state index in [9.17, 15) is 0 Å². The van der Waals surface area contributed by atoms with Crippen molar-refractivity contribution < 1.29 is 28.7 Å². The van der Waals surface area contributed by atoms with Gasteiger partial charge in [-0.2, -0.15) is 0 Å². The van der Waals surface area contributed by atoms with Gasteiger partial charge in [-0.25, -0.2) is 0 Å². The predicted molar refractivity (Wildman–Crippen MR) is 56.0 cm³/mol. The molecule has 0 aliphatic carbocycles. The first kappa shape index (κ1) is 13.1. The molecule has 1 aromatic rings. The zero-order valence-electron chi connectivity index (χ0n) is 8.00. The van der Waals surface area contributed by atoms with Gasteiger partial charge in [-0.15, -0.1) is 0 Å². The number of benzene rings is 1. The molecular weight excluding hydrogens is 295 g/mol. The molecule has 0 heterocycles. The van der Waals surface area contributed by atoms with Crippen molar-refractivity contribution in [3.8, 4) is 5.75 Å². The zero-order valence-corrected chi connectivity index (χ0v) is 11.0. The quantitative estimate of drug-likeness (QED) is 0.509. The second-order valence-electron chi connectivity index (χ2n) is 2.85. The molecule has 0 saturated heterocycles. The highest BCUT2D eigenvalue weighted by atomic mass is 127. The number of hydrogen-bond acceptors (Lipinski definition) is 1. The molecule has 1 rings (SSSR count). The molecule has 0 amide bonds. The summed E-state index contributed by atoms with van der Waals surface area (Å²) in [5, 5.41) is 0. The van der Waals surface area contributed by atoms with Gasteiger partial charge in [-0.05, 0) is 23.0 Å². The Morgan fingerprint density at radius 2 is 1.77 bits per heavy atom. The normalized spacial score (nSPS) is 9.46. The maximum Gasteiger partial charge on any atom is 0.141 e. The lowest BCUT2D eigenvalue weighted by Gasteiger charge is -2.03. The average Bonchev–Trinajstić information content (AvgIpc) is 2.05. The monoisotopic (exact) mass is 310 g/mol. The van der Waals surface area contributed by atoms with Gasteiger partial charge in [-0.1, -0.05) is 18.2 Å². The minimum Gasteiger partial charge on any atom is -1.00 e. The molecule has 13 heavy (non-hydrogen) atoms. The van der Waals surface area contributed by atoms with Crippen molar-refractivity contribution in [3.63, 3.8) is 0 Å². The number of hydrogen-bond donors (Lipinski definition) is 0. The summed E-state index contributed by atoms with van der Waals surface area (Å²) >= 11 is 0. The topological polar surface area (TPSA) is 9.23 Å². The summed E-state index contributed by atoms with van der Waals surface area (Å²) in [5.41, 5.74) is 0. The maximum atomic E-state index is 5.52. The van der Waals surface area contributed by atoms with Crippen molar-refractivity contribution in [1.29, 1.82) is 0 Å². The van der Waals surface area contributed by atoms with E-state index >= 15 is 0 Å². The van der Waals surface area contributed by atoms with Crippen molar-refractivity contribution in [3.05, 3.63) is 30.3 Å². The molecule has 0 saturated carbocycles. The molecule has 3 heteroatoms. The van der Waals surface area contributed by atoms with Crippen LogP contribution >= 0.6 is 0 Å². The van der Waals surface area contributed by atoms with Gasteiger partial charge in [0.05, 0.1) is 12.5 Å². The number of rotatable bonds is 4. The Balaban J connectivity index is 0.00000144. The van der Waals surface area contributed by atoms with Crippen LogP contribution in [-0.4, -0.2) is 24.9 Å². The van der Waals surface area contributed by atoms with Crippen molar-refractivity contribution in [2.75, 3.05) is 24.9 Å². The third-order valence-electron chi connectivity index (χ3n) is 1.50. The maximum absolute atomic E-state index is 5.52. The third kappa shape index (κ3) is 6.21. The zero-order chi connectivity index (χ0) is 8.81. The molecule has 1 aromatic carbocycles. The Morgan fingerprint density at radius 1 is 1.15 bits per heavy atom. The summed E-state index contributed by atoms with van der Waals surface area (Å²) in [6.45, 7) is 0.833. The Labute approximate surface area is 100 Å². The molecule has 1 nitrogen and oxygen atoms in total. The number of halogens is 1. The largest absolute Gasteiger partial charge is 1.00 e. The molecule has 0 aliphatic heterocycles. The molecular formula is C10H15IOS. The van der Waals surface area contributed by atoms with Crippen LogP contribution in [0.2, 0.25) is 0 Å². The average molecular weight is 310 g/mol. The third-order valence-corrected chi connectivity index (χ3v) is 2.49. The van der Waals surface area contributed by atoms with Crippen LogP contribution in [-0.2, 0) is 10.9 Å². The number of para-hydroxylation sites is 1. The number of ether oxygens (including phenoxy) is 1. The Hall–Kier alpha value is 0.100. The van der Waals surface area contributed by atoms with Crippen LogP contribution in [0.4, 0.5) is 0 Å². The standard InChI is InChI=1S/C10H15OS.HI/c1-12(2)9-8-11-10-6-4-3-5-7-10;/h3-7H,8-9H2,1-2H3;1H/q+1;/p-1. The highest BCUT2D eigenvalue weighted by molar-refractivity contribution is 7.95. The van der Waals surface area contributed by atoms with Crippen molar-refractivity contribution in [2.24, 2.45) is 0 Å². The summed E-state index contributed by atoms with van der Waals surface area (Å²) in [6.07, 6.45) is 4.46. The van der Waals surface area contributed by atoms with Gasteiger partial charge in [0, 0.05) is 0 Å². The molecule has 0 fully saturated rings. The van der Waals surface area contributed by atoms with Crippen LogP contribution in [0, 0.1) is 0 Å². The van der Waals surface area contributed by atoms with Gasteiger partial charge in [0.1, 0.15) is 18.1 Å². The van der Waals surface area contributed by atoms with Crippen molar-refractivity contribution >= 4 is 10.9 Å². The second kappa shape index (κ2) is 7.50. The fourth-order valence-corrected chi connectivity index (χ4v) is 1.26. The van der Waals surface area contributed by atoms with Crippen LogP contribution in [0.15, 0.2) is 30.3 Å². The Kier molecular flexibility index (Phi) is 7.56. The van der Waals surface area contributed by atoms with Crippen LogP contribution in [0.25, 0.3) is 0 Å². The van der Waals surface area contributed by atoms with E-state index in [4.69, 9.17) is 4.74 Å². The van der Waals surface area contributed by atoms with Gasteiger partial charge >= 0.3 is 0 Å². The molecule has 0 bridgehead atoms. The van der Waals surface area contributed by atoms with E-state index in [1.54, 1.807) is 0 Å². The van der Waals surface area contributed by atoms with Gasteiger partial charge < -0.3 is 28.7 Å². The van der Waals surface area contributed by atoms with Crippen molar-refractivity contribution in [1.82, 2.24) is 0 Å². The fourth-order valence-electron chi connectivity index (χ4n) is 0.843. The highest BCUT2D eigenvalue weighted by Gasteiger charge is 2.01. The van der Waals surface area contributed by atoms with E-state index in [2.05, 4.69) is 12.5 Å². The van der Waals surface area contributed by atoms with Crippen LogP contribution in [0.3, 0.4) is 0 Å². The highest BCUT2D eigenvalue weighted by Crippen LogP contribution is 2.07. The summed E-state index contributed by atoms with van der Waals surface area (Å²) in [4.78, 5) is 0. The first-order chi connectivity index (χ1) is 5.79. The molecule has 0 N–H and O–H groups in total. The van der Waals surface area contributed by atoms with Crippen molar-refractivity contribution in [2.45, 2.75) is 0 Å². The lowest BCUT2D eigenvalue weighted by atomic mass is 10.3. The van der Waals surface area contributed by atoms with E-state index < -0.39 is 0 Å². The minimum atomic E-state index is 0. The molecule has 0 atom stereocenters. The minimum absolute atomic E-state index is 0. The lowest BCUT2D eigenvalue weighted by Crippen LogP contribution is -3.00.